The fraction of sp³-hybridized carbons (Fsp3) is 0.0154. The average Bonchev–Trinajstić information content (AvgIpc) is 3.95. The van der Waals surface area contributed by atoms with Crippen LogP contribution in [0, 0.1) is 0 Å². The zero-order chi connectivity index (χ0) is 45.0. The molecule has 1 aliphatic carbocycles. The van der Waals surface area contributed by atoms with E-state index in [0.717, 1.165) is 83.4 Å². The van der Waals surface area contributed by atoms with Gasteiger partial charge in [0.05, 0.1) is 16.8 Å². The van der Waals surface area contributed by atoms with E-state index < -0.39 is 5.41 Å². The predicted molar refractivity (Wildman–Crippen MR) is 279 cm³/mol. The number of hydrogen-bond donors (Lipinski definition) is 0. The molecule has 0 spiro atoms. The zero-order valence-corrected chi connectivity index (χ0v) is 37.1. The molecule has 2 aromatic heterocycles. The molecule has 10 aromatic carbocycles. The van der Waals surface area contributed by atoms with E-state index in [1.54, 1.807) is 0 Å². The third kappa shape index (κ3) is 6.43. The SMILES string of the molecule is c1ccc(-c2cc(-c3ccc4oc5ccccc5c4c3)cc(-c3cc(-c4ccccc4-c4cccc5c4-c4ccccc4C5(c4ccccc4)c4ccccc4)nc(-c4ccccc4)n3)c2)cc1. The van der Waals surface area contributed by atoms with E-state index in [1.807, 2.05) is 18.2 Å². The molecule has 12 aromatic rings. The minimum Gasteiger partial charge on any atom is -0.456 e. The lowest BCUT2D eigenvalue weighted by Gasteiger charge is -2.34. The first-order valence-corrected chi connectivity index (χ1v) is 23.2. The summed E-state index contributed by atoms with van der Waals surface area (Å²) >= 11 is 0. The fourth-order valence-electron chi connectivity index (χ4n) is 10.8. The summed E-state index contributed by atoms with van der Waals surface area (Å²) in [5.41, 5.74) is 20.1. The van der Waals surface area contributed by atoms with Crippen molar-refractivity contribution in [3.05, 3.63) is 277 Å². The molecule has 0 saturated heterocycles. The Labute approximate surface area is 395 Å². The third-order valence-corrected chi connectivity index (χ3v) is 13.8. The summed E-state index contributed by atoms with van der Waals surface area (Å²) in [5.74, 6) is 0.668. The van der Waals surface area contributed by atoms with E-state index in [2.05, 4.69) is 237 Å². The second-order valence-corrected chi connectivity index (χ2v) is 17.6. The van der Waals surface area contributed by atoms with Gasteiger partial charge in [-0.1, -0.05) is 212 Å². The summed E-state index contributed by atoms with van der Waals surface area (Å²) in [4.78, 5) is 10.8. The molecule has 3 nitrogen and oxygen atoms in total. The van der Waals surface area contributed by atoms with Crippen molar-refractivity contribution < 1.29 is 4.42 Å². The van der Waals surface area contributed by atoms with Gasteiger partial charge in [0.2, 0.25) is 0 Å². The average molecular weight is 867 g/mol. The normalized spacial score (nSPS) is 12.5. The highest BCUT2D eigenvalue weighted by molar-refractivity contribution is 6.06. The maximum Gasteiger partial charge on any atom is 0.160 e. The monoisotopic (exact) mass is 866 g/mol. The van der Waals surface area contributed by atoms with Crippen molar-refractivity contribution in [3.8, 4) is 78.4 Å². The highest BCUT2D eigenvalue weighted by Gasteiger charge is 2.46. The van der Waals surface area contributed by atoms with Gasteiger partial charge in [-0.05, 0) is 109 Å². The molecule has 0 bridgehead atoms. The van der Waals surface area contributed by atoms with Gasteiger partial charge >= 0.3 is 0 Å². The minimum absolute atomic E-state index is 0.515. The molecule has 2 heterocycles. The van der Waals surface area contributed by atoms with Crippen molar-refractivity contribution >= 4 is 21.9 Å². The second kappa shape index (κ2) is 16.2. The van der Waals surface area contributed by atoms with Crippen LogP contribution in [-0.4, -0.2) is 9.97 Å². The quantitative estimate of drug-likeness (QED) is 0.153. The minimum atomic E-state index is -0.515. The van der Waals surface area contributed by atoms with Crippen molar-refractivity contribution in [1.82, 2.24) is 9.97 Å². The van der Waals surface area contributed by atoms with E-state index >= 15 is 0 Å². The van der Waals surface area contributed by atoms with E-state index in [-0.39, 0.29) is 0 Å². The van der Waals surface area contributed by atoms with Gasteiger partial charge in [0.25, 0.3) is 0 Å². The predicted octanol–water partition coefficient (Wildman–Crippen LogP) is 16.7. The first-order valence-electron chi connectivity index (χ1n) is 23.2. The van der Waals surface area contributed by atoms with Crippen molar-refractivity contribution in [2.24, 2.45) is 0 Å². The summed E-state index contributed by atoms with van der Waals surface area (Å²) in [7, 11) is 0. The number of rotatable bonds is 8. The van der Waals surface area contributed by atoms with Crippen LogP contribution in [0.3, 0.4) is 0 Å². The molecule has 0 N–H and O–H groups in total. The number of fused-ring (bicyclic) bond motifs is 6. The van der Waals surface area contributed by atoms with Crippen LogP contribution in [0.1, 0.15) is 22.3 Å². The Bertz CT molecular complexity index is 3800. The molecule has 318 valence electrons. The Morgan fingerprint density at radius 2 is 0.824 bits per heavy atom. The van der Waals surface area contributed by atoms with Gasteiger partial charge in [-0.25, -0.2) is 9.97 Å². The van der Waals surface area contributed by atoms with Gasteiger partial charge in [-0.3, -0.25) is 0 Å². The number of furan rings is 1. The van der Waals surface area contributed by atoms with Crippen molar-refractivity contribution in [2.75, 3.05) is 0 Å². The first-order chi connectivity index (χ1) is 33.7. The molecule has 0 aliphatic heterocycles. The van der Waals surface area contributed by atoms with Gasteiger partial charge < -0.3 is 4.42 Å². The van der Waals surface area contributed by atoms with Crippen LogP contribution in [-0.2, 0) is 5.41 Å². The molecule has 3 heteroatoms. The van der Waals surface area contributed by atoms with Crippen LogP contribution < -0.4 is 0 Å². The smallest absolute Gasteiger partial charge is 0.160 e. The second-order valence-electron chi connectivity index (χ2n) is 17.6. The Morgan fingerprint density at radius 3 is 1.56 bits per heavy atom. The largest absolute Gasteiger partial charge is 0.456 e. The molecule has 0 unspecified atom stereocenters. The van der Waals surface area contributed by atoms with Gasteiger partial charge in [0, 0.05) is 27.5 Å². The molecule has 0 saturated carbocycles. The van der Waals surface area contributed by atoms with E-state index in [9.17, 15) is 0 Å². The van der Waals surface area contributed by atoms with Gasteiger partial charge in [-0.15, -0.1) is 0 Å². The number of aromatic nitrogens is 2. The van der Waals surface area contributed by atoms with E-state index in [1.165, 1.54) is 33.4 Å². The highest BCUT2D eigenvalue weighted by Crippen LogP contribution is 2.58. The summed E-state index contributed by atoms with van der Waals surface area (Å²) in [6, 6.07) is 91.3. The maximum absolute atomic E-state index is 6.26. The molecule has 1 aliphatic rings. The molecule has 0 radical (unpaired) electrons. The lowest BCUT2D eigenvalue weighted by Crippen LogP contribution is -2.28. The Morgan fingerprint density at radius 1 is 0.294 bits per heavy atom. The maximum atomic E-state index is 6.26. The third-order valence-electron chi connectivity index (χ3n) is 13.8. The van der Waals surface area contributed by atoms with Gasteiger partial charge in [-0.2, -0.15) is 0 Å². The van der Waals surface area contributed by atoms with Crippen LogP contribution >= 0.6 is 0 Å². The van der Waals surface area contributed by atoms with E-state index in [4.69, 9.17) is 14.4 Å². The highest BCUT2D eigenvalue weighted by atomic mass is 16.3. The lowest BCUT2D eigenvalue weighted by molar-refractivity contribution is 0.669. The number of nitrogens with zero attached hydrogens (tertiary/aromatic N) is 2. The Kier molecular flexibility index (Phi) is 9.40. The van der Waals surface area contributed by atoms with Crippen LogP contribution in [0.2, 0.25) is 0 Å². The Hall–Kier alpha value is -8.92. The van der Waals surface area contributed by atoms with E-state index in [0.29, 0.717) is 5.82 Å². The lowest BCUT2D eigenvalue weighted by atomic mass is 9.67. The summed E-state index contributed by atoms with van der Waals surface area (Å²) in [6.45, 7) is 0. The first kappa shape index (κ1) is 39.4. The van der Waals surface area contributed by atoms with Crippen molar-refractivity contribution in [2.45, 2.75) is 5.41 Å². The molecule has 0 atom stereocenters. The topological polar surface area (TPSA) is 38.9 Å². The van der Waals surface area contributed by atoms with Crippen LogP contribution in [0.5, 0.6) is 0 Å². The van der Waals surface area contributed by atoms with Gasteiger partial charge in [0.15, 0.2) is 5.82 Å². The standard InChI is InChI=1S/C65H42N2O/c1-5-20-43(21-6-1)46-38-47(45-36-37-62-56(41-45)53-30-16-18-35-61(53)68-62)40-48(39-46)59-42-60(67-64(66-59)44-22-7-2-8-23-44)52-29-14-13-28-51(52)54-32-19-34-58-63(54)55-31-15-17-33-57(55)65(58,49-24-9-3-10-25-49)50-26-11-4-12-27-50/h1-42H. The van der Waals surface area contributed by atoms with Gasteiger partial charge in [0.1, 0.15) is 11.2 Å². The Balaban J connectivity index is 1.03. The van der Waals surface area contributed by atoms with Crippen LogP contribution in [0.15, 0.2) is 259 Å². The van der Waals surface area contributed by atoms with Crippen molar-refractivity contribution in [3.63, 3.8) is 0 Å². The summed E-state index contributed by atoms with van der Waals surface area (Å²) in [6.07, 6.45) is 0. The molecule has 68 heavy (non-hydrogen) atoms. The molecule has 0 fully saturated rings. The zero-order valence-electron chi connectivity index (χ0n) is 37.1. The molecular weight excluding hydrogens is 825 g/mol. The van der Waals surface area contributed by atoms with Crippen LogP contribution in [0.4, 0.5) is 0 Å². The number of hydrogen-bond acceptors (Lipinski definition) is 3. The fourth-order valence-corrected chi connectivity index (χ4v) is 10.8. The van der Waals surface area contributed by atoms with Crippen molar-refractivity contribution in [1.29, 1.82) is 0 Å². The van der Waals surface area contributed by atoms with Crippen LogP contribution in [0.25, 0.3) is 100 Å². The molecule has 0 amide bonds. The molecular formula is C65H42N2O. The summed E-state index contributed by atoms with van der Waals surface area (Å²) in [5, 5.41) is 2.20. The molecule has 13 rings (SSSR count). The number of para-hydroxylation sites is 1. The summed E-state index contributed by atoms with van der Waals surface area (Å²) < 4.78 is 6.26. The number of benzene rings is 10.